The van der Waals surface area contributed by atoms with Crippen LogP contribution >= 0.6 is 0 Å². The fourth-order valence-corrected chi connectivity index (χ4v) is 9.57. The molecule has 5 aliphatic rings. The van der Waals surface area contributed by atoms with E-state index in [1.807, 2.05) is 4.90 Å². The van der Waals surface area contributed by atoms with Gasteiger partial charge in [-0.2, -0.15) is 39.5 Å². The monoisotopic (exact) mass is 1110 g/mol. The lowest BCUT2D eigenvalue weighted by Gasteiger charge is -2.38. The van der Waals surface area contributed by atoms with Crippen LogP contribution < -0.4 is 32.9 Å². The molecule has 5 heterocycles. The number of nitrogens with one attached hydrogen (secondary N) is 2. The Balaban J connectivity index is 0.000000788. The zero-order valence-electron chi connectivity index (χ0n) is 43.1. The van der Waals surface area contributed by atoms with Crippen LogP contribution in [0.4, 0.5) is 39.5 Å². The van der Waals surface area contributed by atoms with E-state index in [2.05, 4.69) is 34.0 Å². The lowest BCUT2D eigenvalue weighted by atomic mass is 9.89. The summed E-state index contributed by atoms with van der Waals surface area (Å²) in [6.45, 7) is 6.56. The smallest absolute Gasteiger partial charge is 0.490 e. The van der Waals surface area contributed by atoms with Crippen molar-refractivity contribution in [3.8, 4) is 0 Å². The first-order valence-corrected chi connectivity index (χ1v) is 25.9. The summed E-state index contributed by atoms with van der Waals surface area (Å²) in [5.74, 6) is -7.22. The molecular formula is C48H76F9N9O10. The highest BCUT2D eigenvalue weighted by Crippen LogP contribution is 2.36. The molecule has 5 aliphatic heterocycles. The average Bonchev–Trinajstić information content (AvgIpc) is 3.99. The summed E-state index contributed by atoms with van der Waals surface area (Å²) >= 11 is 0. The van der Waals surface area contributed by atoms with E-state index in [0.717, 1.165) is 102 Å². The maximum atomic E-state index is 13.4. The number of unbranched alkanes of at least 4 members (excludes halogenated alkanes) is 13. The summed E-state index contributed by atoms with van der Waals surface area (Å²) in [6.07, 6.45) is 10.1. The van der Waals surface area contributed by atoms with Crippen molar-refractivity contribution in [1.29, 1.82) is 0 Å². The number of hydrogen-bond donors (Lipinski definition) is 7. The highest BCUT2D eigenvalue weighted by molar-refractivity contribution is 5.95. The predicted octanol–water partition coefficient (Wildman–Crippen LogP) is 5.87. The van der Waals surface area contributed by atoms with Gasteiger partial charge in [-0.25, -0.2) is 19.4 Å². The van der Waals surface area contributed by atoms with E-state index in [1.54, 1.807) is 0 Å². The number of esters is 2. The van der Waals surface area contributed by atoms with Gasteiger partial charge in [0.25, 0.3) is 0 Å². The zero-order valence-corrected chi connectivity index (χ0v) is 43.1. The molecule has 0 amide bonds. The summed E-state index contributed by atoms with van der Waals surface area (Å²) in [5.41, 5.74) is 18.8. The number of carboxylic acids is 3. The number of nitrogens with two attached hydrogens (primary N) is 3. The number of guanidine groups is 3. The molecule has 19 nitrogen and oxygen atoms in total. The third-order valence-corrected chi connectivity index (χ3v) is 13.2. The summed E-state index contributed by atoms with van der Waals surface area (Å²) in [4.78, 5) is 63.9. The topological polar surface area (TPSA) is 300 Å². The van der Waals surface area contributed by atoms with E-state index in [9.17, 15) is 49.1 Å². The molecule has 0 unspecified atom stereocenters. The van der Waals surface area contributed by atoms with E-state index < -0.39 is 36.4 Å². The molecule has 0 aliphatic carbocycles. The SMILES string of the molecule is CCCCCCCCC[C@@H]1C[C@@H]2CC[C@H]3[C@@H](C(=O)OCCCCCCCCC[C@H]4N=C(N)N5CCCC5=C4C(=O)OCCCCN=C(N)N)[C@@H](C)NC(=[N+]23)N1.O=C(O)C(F)(F)F.O=C(O)C(F)(F)F.O=C([O-])C(F)(F)F. The van der Waals surface area contributed by atoms with Crippen molar-refractivity contribution in [3.05, 3.63) is 11.3 Å². The van der Waals surface area contributed by atoms with Gasteiger partial charge in [0.05, 0.1) is 49.0 Å². The maximum absolute atomic E-state index is 13.4. The Hall–Kier alpha value is -5.73. The minimum Gasteiger partial charge on any atom is -0.542 e. The number of halogens is 9. The van der Waals surface area contributed by atoms with Crippen LogP contribution in [-0.2, 0) is 33.4 Å². The number of aliphatic imine (C=N–C) groups is 2. The number of ether oxygens (including phenoxy) is 2. The molecule has 2 fully saturated rings. The molecule has 0 aromatic heterocycles. The molecule has 436 valence electrons. The molecule has 5 rings (SSSR count). The van der Waals surface area contributed by atoms with Crippen LogP contribution in [0.2, 0.25) is 0 Å². The minimum absolute atomic E-state index is 0.0392. The first-order chi connectivity index (χ1) is 35.6. The lowest BCUT2D eigenvalue weighted by Crippen LogP contribution is -2.66. The molecule has 10 N–H and O–H groups in total. The van der Waals surface area contributed by atoms with Crippen LogP contribution in [0.3, 0.4) is 0 Å². The first-order valence-electron chi connectivity index (χ1n) is 25.9. The third-order valence-electron chi connectivity index (χ3n) is 13.2. The molecule has 0 aromatic carbocycles. The van der Waals surface area contributed by atoms with E-state index in [-0.39, 0.29) is 41.9 Å². The van der Waals surface area contributed by atoms with Crippen LogP contribution in [-0.4, -0.2) is 142 Å². The van der Waals surface area contributed by atoms with Crippen LogP contribution in [0.15, 0.2) is 21.3 Å². The minimum atomic E-state index is -5.19. The zero-order chi connectivity index (χ0) is 57.2. The van der Waals surface area contributed by atoms with Crippen LogP contribution in [0, 0.1) is 5.92 Å². The Bertz CT molecular complexity index is 1940. The molecule has 28 heteroatoms. The molecule has 0 bridgehead atoms. The van der Waals surface area contributed by atoms with Gasteiger partial charge in [-0.15, -0.1) is 0 Å². The molecule has 0 radical (unpaired) electrons. The number of carbonyl (C=O) groups is 5. The average molecular weight is 1110 g/mol. The van der Waals surface area contributed by atoms with E-state index in [4.69, 9.17) is 61.4 Å². The standard InChI is InChI=1S/C42H73N9O4.3C2HF3O2/c1-3-4-5-6-8-11-14-20-31-29-32-23-24-35-36(30(2)47-42(48-31)51(32)35)38(52)54-27-17-13-10-7-9-12-15-21-33-37(34-22-19-26-50(34)41(45)49-33)39(53)55-28-18-16-25-46-40(43)44;3*3-2(4,5)1(6)7/h30-33,35-36H,3-29H2,1-2H3,(H7,43,44,45,46,47,48,49);3*(H,6,7)/t30-,31-,32+,33-,35+,36+;;;/m1.../s1. The molecular weight excluding hydrogens is 1030 g/mol. The number of hydrogen-bond acceptors (Lipinski definition) is 14. The van der Waals surface area contributed by atoms with Gasteiger partial charge < -0.3 is 51.7 Å². The van der Waals surface area contributed by atoms with Crippen molar-refractivity contribution >= 4 is 47.7 Å². The van der Waals surface area contributed by atoms with Gasteiger partial charge in [0.1, 0.15) is 11.9 Å². The van der Waals surface area contributed by atoms with Crippen molar-refractivity contribution in [2.75, 3.05) is 26.3 Å². The summed E-state index contributed by atoms with van der Waals surface area (Å²) in [6, 6.07) is 1.10. The number of carboxylic acid groups (broad SMARTS) is 3. The van der Waals surface area contributed by atoms with Gasteiger partial charge in [-0.05, 0) is 64.7 Å². The van der Waals surface area contributed by atoms with Crippen LogP contribution in [0.25, 0.3) is 0 Å². The van der Waals surface area contributed by atoms with Crippen molar-refractivity contribution in [3.63, 3.8) is 0 Å². The van der Waals surface area contributed by atoms with E-state index in [1.165, 1.54) is 57.8 Å². The van der Waals surface area contributed by atoms with Gasteiger partial charge >= 0.3 is 48.4 Å². The second-order valence-electron chi connectivity index (χ2n) is 19.1. The third kappa shape index (κ3) is 23.7. The number of allylic oxidation sites excluding steroid dienone is 1. The number of rotatable bonds is 25. The Morgan fingerprint density at radius 1 is 0.763 bits per heavy atom. The van der Waals surface area contributed by atoms with Crippen molar-refractivity contribution in [2.45, 2.75) is 210 Å². The van der Waals surface area contributed by atoms with Crippen molar-refractivity contribution in [2.24, 2.45) is 33.1 Å². The number of alkyl halides is 9. The van der Waals surface area contributed by atoms with Gasteiger partial charge in [-0.3, -0.25) is 25.0 Å². The van der Waals surface area contributed by atoms with Crippen molar-refractivity contribution in [1.82, 2.24) is 15.5 Å². The molecule has 0 spiro atoms. The Kier molecular flexibility index (Phi) is 28.6. The molecule has 0 saturated carbocycles. The van der Waals surface area contributed by atoms with Crippen LogP contribution in [0.1, 0.15) is 162 Å². The largest absolute Gasteiger partial charge is 0.542 e. The van der Waals surface area contributed by atoms with Crippen molar-refractivity contribution < 1.29 is 92.9 Å². The molecule has 2 saturated heterocycles. The predicted molar refractivity (Wildman–Crippen MR) is 258 cm³/mol. The van der Waals surface area contributed by atoms with E-state index in [0.29, 0.717) is 49.8 Å². The number of carbonyl (C=O) groups excluding carboxylic acids is 3. The Morgan fingerprint density at radius 3 is 1.82 bits per heavy atom. The van der Waals surface area contributed by atoms with Gasteiger partial charge in [0.2, 0.25) is 0 Å². The second kappa shape index (κ2) is 32.8. The highest BCUT2D eigenvalue weighted by Gasteiger charge is 2.53. The molecule has 6 atom stereocenters. The molecule has 0 aromatic rings. The number of nitrogens with zero attached hydrogens (tertiary/aromatic N) is 4. The fourth-order valence-electron chi connectivity index (χ4n) is 9.57. The van der Waals surface area contributed by atoms with E-state index >= 15 is 0 Å². The fraction of sp³-hybridized carbons (Fsp3) is 0.792. The maximum Gasteiger partial charge on any atom is 0.490 e. The highest BCUT2D eigenvalue weighted by atomic mass is 19.4. The number of aliphatic carboxylic acids is 3. The normalized spacial score (nSPS) is 21.6. The summed E-state index contributed by atoms with van der Waals surface area (Å²) in [5, 5.41) is 30.5. The summed E-state index contributed by atoms with van der Waals surface area (Å²) in [7, 11) is 0. The Labute approximate surface area is 436 Å². The van der Waals surface area contributed by atoms with Gasteiger partial charge in [-0.1, -0.05) is 90.4 Å². The second-order valence-corrected chi connectivity index (χ2v) is 19.1. The summed E-state index contributed by atoms with van der Waals surface area (Å²) < 4.78 is 109. The Morgan fingerprint density at radius 2 is 1.28 bits per heavy atom. The molecule has 76 heavy (non-hydrogen) atoms. The quantitative estimate of drug-likeness (QED) is 0.0140. The first kappa shape index (κ1) is 66.4. The van der Waals surface area contributed by atoms with Crippen LogP contribution in [0.5, 0.6) is 0 Å². The number of fused-ring (bicyclic) bond motifs is 1. The van der Waals surface area contributed by atoms with Gasteiger partial charge in [0, 0.05) is 25.2 Å². The van der Waals surface area contributed by atoms with Gasteiger partial charge in [0.15, 0.2) is 11.9 Å². The lowest BCUT2D eigenvalue weighted by molar-refractivity contribution is -0.598.